The Hall–Kier alpha value is -1.21. The Morgan fingerprint density at radius 1 is 1.05 bits per heavy atom. The van der Waals surface area contributed by atoms with Gasteiger partial charge in [-0.15, -0.1) is 0 Å². The van der Waals surface area contributed by atoms with E-state index in [-0.39, 0.29) is 4.90 Å². The molecule has 7 heteroatoms. The fraction of sp³-hybridized carbons (Fsp3) is 0.600. The molecule has 1 aromatic carbocycles. The normalized spacial score (nSPS) is 23.6. The van der Waals surface area contributed by atoms with Crippen molar-refractivity contribution in [2.75, 3.05) is 31.1 Å². The highest BCUT2D eigenvalue weighted by Crippen LogP contribution is 2.26. The Bertz CT molecular complexity index is 619. The number of hydrogen-bond donors (Lipinski definition) is 0. The number of nitrogens with zero attached hydrogens (tertiary/aromatic N) is 2. The van der Waals surface area contributed by atoms with Crippen molar-refractivity contribution in [3.8, 4) is 0 Å². The van der Waals surface area contributed by atoms with Crippen molar-refractivity contribution in [3.63, 3.8) is 0 Å². The van der Waals surface area contributed by atoms with Crippen LogP contribution in [0.4, 0.5) is 14.5 Å². The largest absolute Gasteiger partial charge is 0.369 e. The van der Waals surface area contributed by atoms with E-state index < -0.39 is 15.6 Å². The molecule has 0 amide bonds. The maximum atomic E-state index is 12.5. The van der Waals surface area contributed by atoms with E-state index in [0.717, 1.165) is 31.9 Å². The molecule has 0 spiro atoms. The quantitative estimate of drug-likeness (QED) is 0.853. The monoisotopic (exact) mass is 330 g/mol. The molecule has 2 fully saturated rings. The summed E-state index contributed by atoms with van der Waals surface area (Å²) in [5.41, 5.74) is 0.901. The minimum absolute atomic E-state index is 0.317. The van der Waals surface area contributed by atoms with Crippen LogP contribution < -0.4 is 4.90 Å². The van der Waals surface area contributed by atoms with E-state index in [1.54, 1.807) is 12.1 Å². The third-order valence-electron chi connectivity index (χ3n) is 4.60. The number of rotatable bonds is 3. The van der Waals surface area contributed by atoms with Crippen LogP contribution in [0.15, 0.2) is 29.2 Å². The van der Waals surface area contributed by atoms with Crippen molar-refractivity contribution in [2.24, 2.45) is 0 Å². The average molecular weight is 330 g/mol. The summed E-state index contributed by atoms with van der Waals surface area (Å²) < 4.78 is 47.9. The van der Waals surface area contributed by atoms with Gasteiger partial charge in [-0.25, -0.2) is 8.42 Å². The predicted molar refractivity (Wildman–Crippen MR) is 81.1 cm³/mol. The van der Waals surface area contributed by atoms with Gasteiger partial charge in [0.1, 0.15) is 0 Å². The minimum Gasteiger partial charge on any atom is -0.369 e. The highest BCUT2D eigenvalue weighted by Gasteiger charge is 2.30. The smallest absolute Gasteiger partial charge is 0.341 e. The highest BCUT2D eigenvalue weighted by molar-refractivity contribution is 7.91. The molecule has 4 nitrogen and oxygen atoms in total. The van der Waals surface area contributed by atoms with Crippen LogP contribution in [-0.2, 0) is 9.84 Å². The molecule has 2 aliphatic rings. The lowest BCUT2D eigenvalue weighted by Crippen LogP contribution is -2.54. The lowest BCUT2D eigenvalue weighted by Gasteiger charge is -2.45. The molecule has 0 aliphatic carbocycles. The summed E-state index contributed by atoms with van der Waals surface area (Å²) in [5.74, 6) is -3.37. The SMILES string of the molecule is O=S(=O)(c1ccc(N2CCN3CCCCC3C2)cc1)C(F)F. The van der Waals surface area contributed by atoms with E-state index >= 15 is 0 Å². The third-order valence-corrected chi connectivity index (χ3v) is 6.00. The predicted octanol–water partition coefficient (Wildman–Crippen LogP) is 2.36. The molecule has 0 radical (unpaired) electrons. The van der Waals surface area contributed by atoms with Crippen molar-refractivity contribution in [2.45, 2.75) is 36.0 Å². The second-order valence-corrected chi connectivity index (χ2v) is 7.85. The zero-order valence-corrected chi connectivity index (χ0v) is 13.1. The van der Waals surface area contributed by atoms with Crippen molar-refractivity contribution < 1.29 is 17.2 Å². The summed E-state index contributed by atoms with van der Waals surface area (Å²) in [4.78, 5) is 4.41. The second kappa shape index (κ2) is 6.12. The minimum atomic E-state index is -4.50. The van der Waals surface area contributed by atoms with Gasteiger partial charge in [-0.1, -0.05) is 6.42 Å². The van der Waals surface area contributed by atoms with Gasteiger partial charge in [-0.05, 0) is 43.7 Å². The van der Waals surface area contributed by atoms with Crippen molar-refractivity contribution in [1.29, 1.82) is 0 Å². The summed E-state index contributed by atoms with van der Waals surface area (Å²) in [6, 6.07) is 6.38. The van der Waals surface area contributed by atoms with Gasteiger partial charge in [-0.2, -0.15) is 8.78 Å². The number of halogens is 2. The van der Waals surface area contributed by atoms with E-state index in [1.807, 2.05) is 0 Å². The van der Waals surface area contributed by atoms with Gasteiger partial charge >= 0.3 is 5.76 Å². The molecular formula is C15H20F2N2O2S. The Morgan fingerprint density at radius 2 is 1.77 bits per heavy atom. The molecule has 0 N–H and O–H groups in total. The Balaban J connectivity index is 1.73. The van der Waals surface area contributed by atoms with Gasteiger partial charge in [0.25, 0.3) is 0 Å². The molecular weight excluding hydrogens is 310 g/mol. The maximum absolute atomic E-state index is 12.5. The summed E-state index contributed by atoms with van der Waals surface area (Å²) in [5, 5.41) is 0. The zero-order chi connectivity index (χ0) is 15.7. The van der Waals surface area contributed by atoms with Gasteiger partial charge in [0.05, 0.1) is 4.90 Å². The van der Waals surface area contributed by atoms with Gasteiger partial charge in [0.15, 0.2) is 0 Å². The fourth-order valence-corrected chi connectivity index (χ4v) is 4.06. The Morgan fingerprint density at radius 3 is 2.45 bits per heavy atom. The molecule has 1 aromatic rings. The van der Waals surface area contributed by atoms with E-state index in [4.69, 9.17) is 0 Å². The van der Waals surface area contributed by atoms with Crippen LogP contribution in [0.1, 0.15) is 19.3 Å². The van der Waals surface area contributed by atoms with Crippen LogP contribution in [0.5, 0.6) is 0 Å². The van der Waals surface area contributed by atoms with E-state index in [2.05, 4.69) is 9.80 Å². The first-order valence-corrected chi connectivity index (χ1v) is 9.14. The number of anilines is 1. The topological polar surface area (TPSA) is 40.6 Å². The van der Waals surface area contributed by atoms with Crippen LogP contribution in [0.2, 0.25) is 0 Å². The first-order valence-electron chi connectivity index (χ1n) is 7.59. The lowest BCUT2D eigenvalue weighted by molar-refractivity contribution is 0.133. The number of sulfone groups is 1. The summed E-state index contributed by atoms with van der Waals surface area (Å²) in [6.07, 6.45) is 3.70. The standard InChI is InChI=1S/C15H20F2N2O2S/c16-15(17)22(20,21)14-6-4-12(5-7-14)19-10-9-18-8-2-1-3-13(18)11-19/h4-7,13,15H,1-3,8-11H2. The molecule has 0 saturated carbocycles. The van der Waals surface area contributed by atoms with Crippen LogP contribution in [-0.4, -0.2) is 51.3 Å². The van der Waals surface area contributed by atoms with Crippen LogP contribution in [0.25, 0.3) is 0 Å². The maximum Gasteiger partial charge on any atom is 0.341 e. The summed E-state index contributed by atoms with van der Waals surface area (Å²) in [6.45, 7) is 3.96. The van der Waals surface area contributed by atoms with Crippen LogP contribution >= 0.6 is 0 Å². The molecule has 3 rings (SSSR count). The summed E-state index contributed by atoms with van der Waals surface area (Å²) >= 11 is 0. The molecule has 1 unspecified atom stereocenters. The number of fused-ring (bicyclic) bond motifs is 1. The average Bonchev–Trinajstić information content (AvgIpc) is 2.54. The van der Waals surface area contributed by atoms with E-state index in [1.165, 1.54) is 31.4 Å². The van der Waals surface area contributed by atoms with Crippen LogP contribution in [0.3, 0.4) is 0 Å². The molecule has 1 atom stereocenters. The van der Waals surface area contributed by atoms with Crippen molar-refractivity contribution >= 4 is 15.5 Å². The van der Waals surface area contributed by atoms with E-state index in [9.17, 15) is 17.2 Å². The van der Waals surface area contributed by atoms with Crippen LogP contribution in [0, 0.1) is 0 Å². The Kier molecular flexibility index (Phi) is 4.36. The molecule has 2 saturated heterocycles. The fourth-order valence-electron chi connectivity index (χ4n) is 3.34. The number of benzene rings is 1. The summed E-state index contributed by atoms with van der Waals surface area (Å²) in [7, 11) is -4.50. The number of alkyl halides is 2. The molecule has 0 aromatic heterocycles. The molecule has 122 valence electrons. The van der Waals surface area contributed by atoms with E-state index in [0.29, 0.717) is 6.04 Å². The molecule has 2 heterocycles. The van der Waals surface area contributed by atoms with Crippen molar-refractivity contribution in [3.05, 3.63) is 24.3 Å². The van der Waals surface area contributed by atoms with Gasteiger partial charge in [0, 0.05) is 31.4 Å². The highest BCUT2D eigenvalue weighted by atomic mass is 32.2. The first-order chi connectivity index (χ1) is 10.5. The number of piperazine rings is 1. The third kappa shape index (κ3) is 2.96. The van der Waals surface area contributed by atoms with Crippen molar-refractivity contribution in [1.82, 2.24) is 4.90 Å². The zero-order valence-electron chi connectivity index (χ0n) is 12.3. The Labute approximate surface area is 129 Å². The second-order valence-electron chi connectivity index (χ2n) is 5.93. The first kappa shape index (κ1) is 15.7. The molecule has 2 aliphatic heterocycles. The van der Waals surface area contributed by atoms with Gasteiger partial charge in [0.2, 0.25) is 9.84 Å². The number of piperidine rings is 1. The molecule has 22 heavy (non-hydrogen) atoms. The van der Waals surface area contributed by atoms with Gasteiger partial charge < -0.3 is 4.90 Å². The van der Waals surface area contributed by atoms with Gasteiger partial charge in [-0.3, -0.25) is 4.90 Å². The number of hydrogen-bond acceptors (Lipinski definition) is 4. The molecule has 0 bridgehead atoms. The lowest BCUT2D eigenvalue weighted by atomic mass is 9.99.